The van der Waals surface area contributed by atoms with Crippen LogP contribution in [0.2, 0.25) is 0 Å². The monoisotopic (exact) mass is 243 g/mol. The zero-order chi connectivity index (χ0) is 12.7. The summed E-state index contributed by atoms with van der Waals surface area (Å²) in [7, 11) is 0. The molecular formula is C13H9NO4. The molecule has 1 aliphatic rings. The molecule has 5 nitrogen and oxygen atoms in total. The molecule has 1 N–H and O–H groups in total. The van der Waals surface area contributed by atoms with E-state index in [4.69, 9.17) is 9.84 Å². The van der Waals surface area contributed by atoms with Gasteiger partial charge in [-0.1, -0.05) is 12.1 Å². The number of benzene rings is 1. The summed E-state index contributed by atoms with van der Waals surface area (Å²) in [5.74, 6) is -0.496. The van der Waals surface area contributed by atoms with Gasteiger partial charge >= 0.3 is 5.97 Å². The number of para-hydroxylation sites is 2. The highest BCUT2D eigenvalue weighted by molar-refractivity contribution is 5.87. The van der Waals surface area contributed by atoms with E-state index in [-0.39, 0.29) is 17.7 Å². The maximum absolute atomic E-state index is 12.0. The SMILES string of the molecule is O=C(O)c1cc2n(c(=O)c1)-c1ccccc1OC2. The number of aromatic nitrogens is 1. The van der Waals surface area contributed by atoms with Crippen LogP contribution >= 0.6 is 0 Å². The predicted molar refractivity (Wildman–Crippen MR) is 63.3 cm³/mol. The number of pyridine rings is 1. The molecular weight excluding hydrogens is 234 g/mol. The van der Waals surface area contributed by atoms with Crippen LogP contribution in [0.3, 0.4) is 0 Å². The van der Waals surface area contributed by atoms with Crippen LogP contribution in [0, 0.1) is 0 Å². The molecule has 0 radical (unpaired) electrons. The molecule has 0 saturated heterocycles. The number of aromatic carboxylic acids is 1. The van der Waals surface area contributed by atoms with Crippen LogP contribution in [0.15, 0.2) is 41.2 Å². The smallest absolute Gasteiger partial charge is 0.335 e. The summed E-state index contributed by atoms with van der Waals surface area (Å²) in [5, 5.41) is 8.92. The zero-order valence-electron chi connectivity index (χ0n) is 9.29. The fourth-order valence-electron chi connectivity index (χ4n) is 2.04. The lowest BCUT2D eigenvalue weighted by Gasteiger charge is -2.22. The third-order valence-electron chi connectivity index (χ3n) is 2.84. The fourth-order valence-corrected chi connectivity index (χ4v) is 2.04. The summed E-state index contributed by atoms with van der Waals surface area (Å²) in [5.41, 5.74) is 0.800. The van der Waals surface area contributed by atoms with E-state index in [1.807, 2.05) is 6.07 Å². The lowest BCUT2D eigenvalue weighted by atomic mass is 10.1. The first kappa shape index (κ1) is 10.6. The van der Waals surface area contributed by atoms with Crippen LogP contribution < -0.4 is 10.3 Å². The second kappa shape index (κ2) is 3.73. The van der Waals surface area contributed by atoms with Crippen molar-refractivity contribution in [2.75, 3.05) is 0 Å². The molecule has 1 aliphatic heterocycles. The van der Waals surface area contributed by atoms with Crippen LogP contribution in [0.4, 0.5) is 0 Å². The van der Waals surface area contributed by atoms with Crippen LogP contribution in [0.5, 0.6) is 5.75 Å². The normalized spacial score (nSPS) is 12.2. The summed E-state index contributed by atoms with van der Waals surface area (Å²) < 4.78 is 6.96. The van der Waals surface area contributed by atoms with Gasteiger partial charge in [-0.25, -0.2) is 4.79 Å². The summed E-state index contributed by atoms with van der Waals surface area (Å²) >= 11 is 0. The lowest BCUT2D eigenvalue weighted by molar-refractivity contribution is 0.0696. The summed E-state index contributed by atoms with van der Waals surface area (Å²) in [4.78, 5) is 22.9. The first-order valence-corrected chi connectivity index (χ1v) is 5.38. The van der Waals surface area contributed by atoms with Gasteiger partial charge in [0.05, 0.1) is 16.9 Å². The summed E-state index contributed by atoms with van der Waals surface area (Å²) in [6.45, 7) is 0.188. The van der Waals surface area contributed by atoms with Crippen molar-refractivity contribution < 1.29 is 14.6 Å². The van der Waals surface area contributed by atoms with E-state index in [1.165, 1.54) is 10.6 Å². The quantitative estimate of drug-likeness (QED) is 0.822. The van der Waals surface area contributed by atoms with Gasteiger partial charge in [0, 0.05) is 6.07 Å². The third kappa shape index (κ3) is 1.48. The molecule has 0 fully saturated rings. The Labute approximate surface area is 102 Å². The maximum Gasteiger partial charge on any atom is 0.335 e. The number of hydrogen-bond donors (Lipinski definition) is 1. The second-order valence-electron chi connectivity index (χ2n) is 3.97. The average Bonchev–Trinajstić information content (AvgIpc) is 2.37. The molecule has 2 aromatic rings. The van der Waals surface area contributed by atoms with Gasteiger partial charge < -0.3 is 9.84 Å². The number of carboxylic acids is 1. The summed E-state index contributed by atoms with van der Waals surface area (Å²) in [6, 6.07) is 9.73. The van der Waals surface area contributed by atoms with E-state index in [2.05, 4.69) is 0 Å². The Hall–Kier alpha value is -2.56. The van der Waals surface area contributed by atoms with Crippen LogP contribution in [-0.4, -0.2) is 15.6 Å². The van der Waals surface area contributed by atoms with E-state index in [0.717, 1.165) is 6.07 Å². The van der Waals surface area contributed by atoms with Crippen molar-refractivity contribution in [2.24, 2.45) is 0 Å². The minimum absolute atomic E-state index is 0.0192. The Morgan fingerprint density at radius 2 is 2.06 bits per heavy atom. The molecule has 0 unspecified atom stereocenters. The number of ether oxygens (including phenoxy) is 1. The predicted octanol–water partition coefficient (Wildman–Crippen LogP) is 1.43. The standard InChI is InChI=1S/C13H9NO4/c15-12-6-8(13(16)17)5-9-7-18-11-4-2-1-3-10(11)14(9)12/h1-6H,7H2,(H,16,17). The second-order valence-corrected chi connectivity index (χ2v) is 3.97. The van der Waals surface area contributed by atoms with Gasteiger partial charge in [-0.2, -0.15) is 0 Å². The van der Waals surface area contributed by atoms with E-state index in [9.17, 15) is 9.59 Å². The molecule has 5 heteroatoms. The topological polar surface area (TPSA) is 68.5 Å². The van der Waals surface area contributed by atoms with Crippen LogP contribution in [0.1, 0.15) is 16.1 Å². The van der Waals surface area contributed by atoms with Crippen molar-refractivity contribution in [3.8, 4) is 11.4 Å². The molecule has 0 atom stereocenters. The molecule has 3 rings (SSSR count). The highest BCUT2D eigenvalue weighted by Crippen LogP contribution is 2.27. The number of carboxylic acid groups (broad SMARTS) is 1. The first-order valence-electron chi connectivity index (χ1n) is 5.38. The minimum Gasteiger partial charge on any atom is -0.485 e. The van der Waals surface area contributed by atoms with Gasteiger partial charge in [0.1, 0.15) is 12.4 Å². The van der Waals surface area contributed by atoms with Crippen molar-refractivity contribution in [3.63, 3.8) is 0 Å². The Morgan fingerprint density at radius 1 is 1.28 bits per heavy atom. The largest absolute Gasteiger partial charge is 0.485 e. The van der Waals surface area contributed by atoms with Gasteiger partial charge in [0.15, 0.2) is 0 Å². The highest BCUT2D eigenvalue weighted by atomic mass is 16.5. The van der Waals surface area contributed by atoms with Gasteiger partial charge in [-0.05, 0) is 18.2 Å². The van der Waals surface area contributed by atoms with E-state index < -0.39 is 5.97 Å². The number of fused-ring (bicyclic) bond motifs is 3. The molecule has 90 valence electrons. The molecule has 18 heavy (non-hydrogen) atoms. The Kier molecular flexibility index (Phi) is 2.19. The molecule has 1 aromatic heterocycles. The molecule has 1 aromatic carbocycles. The van der Waals surface area contributed by atoms with Crippen molar-refractivity contribution >= 4 is 5.97 Å². The molecule has 2 heterocycles. The highest BCUT2D eigenvalue weighted by Gasteiger charge is 2.19. The van der Waals surface area contributed by atoms with E-state index in [1.54, 1.807) is 18.2 Å². The Morgan fingerprint density at radius 3 is 2.83 bits per heavy atom. The van der Waals surface area contributed by atoms with Gasteiger partial charge in [-0.3, -0.25) is 9.36 Å². The zero-order valence-corrected chi connectivity index (χ0v) is 9.29. The number of hydrogen-bond acceptors (Lipinski definition) is 3. The van der Waals surface area contributed by atoms with Crippen molar-refractivity contribution in [3.05, 3.63) is 58.0 Å². The van der Waals surface area contributed by atoms with Gasteiger partial charge in [0.25, 0.3) is 5.56 Å². The van der Waals surface area contributed by atoms with Gasteiger partial charge in [-0.15, -0.1) is 0 Å². The van der Waals surface area contributed by atoms with Crippen LogP contribution in [0.25, 0.3) is 5.69 Å². The minimum atomic E-state index is -1.12. The molecule has 0 amide bonds. The lowest BCUT2D eigenvalue weighted by Crippen LogP contribution is -2.27. The first-order chi connectivity index (χ1) is 8.66. The Balaban J connectivity index is 2.30. The van der Waals surface area contributed by atoms with Crippen molar-refractivity contribution in [2.45, 2.75) is 6.61 Å². The fraction of sp³-hybridized carbons (Fsp3) is 0.0769. The maximum atomic E-state index is 12.0. The number of rotatable bonds is 1. The van der Waals surface area contributed by atoms with Crippen molar-refractivity contribution in [1.82, 2.24) is 4.57 Å². The molecule has 0 bridgehead atoms. The number of nitrogens with zero attached hydrogens (tertiary/aromatic N) is 1. The van der Waals surface area contributed by atoms with E-state index >= 15 is 0 Å². The summed E-state index contributed by atoms with van der Waals surface area (Å²) in [6.07, 6.45) is 0. The average molecular weight is 243 g/mol. The number of carbonyl (C=O) groups is 1. The Bertz CT molecular complexity index is 702. The molecule has 0 aliphatic carbocycles. The van der Waals surface area contributed by atoms with Crippen molar-refractivity contribution in [1.29, 1.82) is 0 Å². The van der Waals surface area contributed by atoms with Gasteiger partial charge in [0.2, 0.25) is 0 Å². The van der Waals surface area contributed by atoms with E-state index in [0.29, 0.717) is 17.1 Å². The molecule has 0 spiro atoms. The third-order valence-corrected chi connectivity index (χ3v) is 2.84. The van der Waals surface area contributed by atoms with Crippen LogP contribution in [-0.2, 0) is 6.61 Å². The molecule has 0 saturated carbocycles.